The van der Waals surface area contributed by atoms with E-state index in [0.717, 1.165) is 41.1 Å². The largest absolute Gasteiger partial charge is 0.493 e. The smallest absolute Gasteiger partial charge is 0.335 e. The summed E-state index contributed by atoms with van der Waals surface area (Å²) in [6.07, 6.45) is 0.563. The number of aliphatic hydroxyl groups is 1. The highest BCUT2D eigenvalue weighted by atomic mass is 16.5. The Morgan fingerprint density at radius 2 is 1.41 bits per heavy atom. The highest BCUT2D eigenvalue weighted by molar-refractivity contribution is 5.88. The van der Waals surface area contributed by atoms with Crippen molar-refractivity contribution in [3.05, 3.63) is 71.3 Å². The molecule has 198 valence electrons. The predicted octanol–water partition coefficient (Wildman–Crippen LogP) is 7.57. The van der Waals surface area contributed by atoms with Crippen LogP contribution in [0.5, 0.6) is 5.75 Å². The molecule has 37 heavy (non-hydrogen) atoms. The van der Waals surface area contributed by atoms with Gasteiger partial charge in [-0.1, -0.05) is 45.9 Å². The van der Waals surface area contributed by atoms with E-state index in [4.69, 9.17) is 4.74 Å². The van der Waals surface area contributed by atoms with Crippen LogP contribution in [0.3, 0.4) is 0 Å². The Morgan fingerprint density at radius 3 is 1.89 bits per heavy atom. The summed E-state index contributed by atoms with van der Waals surface area (Å²) < 4.78 is 6.15. The summed E-state index contributed by atoms with van der Waals surface area (Å²) in [7, 11) is 0. The topological polar surface area (TPSA) is 70.0 Å². The Kier molecular flexibility index (Phi) is 9.76. The number of aromatic carboxylic acids is 1. The number of anilines is 1. The van der Waals surface area contributed by atoms with E-state index < -0.39 is 5.97 Å². The van der Waals surface area contributed by atoms with Gasteiger partial charge in [-0.25, -0.2) is 4.79 Å². The molecule has 5 heteroatoms. The number of nitrogens with zero attached hydrogens (tertiary/aromatic N) is 1. The lowest BCUT2D eigenvalue weighted by Gasteiger charge is -2.31. The highest BCUT2D eigenvalue weighted by Crippen LogP contribution is 2.42. The summed E-state index contributed by atoms with van der Waals surface area (Å²) >= 11 is 0. The molecule has 0 unspecified atom stereocenters. The van der Waals surface area contributed by atoms with Gasteiger partial charge in [-0.3, -0.25) is 0 Å². The number of ether oxygens (including phenoxy) is 1. The molecule has 0 aliphatic carbocycles. The van der Waals surface area contributed by atoms with E-state index in [-0.39, 0.29) is 12.2 Å². The lowest BCUT2D eigenvalue weighted by atomic mass is 9.87. The van der Waals surface area contributed by atoms with E-state index in [2.05, 4.69) is 64.6 Å². The molecule has 3 rings (SSSR count). The van der Waals surface area contributed by atoms with Crippen LogP contribution in [0.25, 0.3) is 22.3 Å². The molecule has 0 spiro atoms. The SMILES string of the molecule is CCN(CC)c1c(C(C)C)cc(-c2cc(-c3ccc(C(=O)O)cc3)ccc2OCCCO)cc1C(C)C. The van der Waals surface area contributed by atoms with Crippen LogP contribution in [0.4, 0.5) is 5.69 Å². The molecule has 0 aromatic heterocycles. The van der Waals surface area contributed by atoms with Crippen LogP contribution in [0.1, 0.15) is 81.3 Å². The predicted molar refractivity (Wildman–Crippen MR) is 153 cm³/mol. The van der Waals surface area contributed by atoms with Gasteiger partial charge >= 0.3 is 5.97 Å². The fourth-order valence-electron chi connectivity index (χ4n) is 4.73. The average Bonchev–Trinajstić information content (AvgIpc) is 2.89. The lowest BCUT2D eigenvalue weighted by Crippen LogP contribution is -2.25. The van der Waals surface area contributed by atoms with Gasteiger partial charge in [0.2, 0.25) is 0 Å². The van der Waals surface area contributed by atoms with E-state index in [1.165, 1.54) is 16.8 Å². The number of carboxylic acid groups (broad SMARTS) is 1. The molecule has 0 radical (unpaired) electrons. The van der Waals surface area contributed by atoms with E-state index in [1.807, 2.05) is 24.3 Å². The summed E-state index contributed by atoms with van der Waals surface area (Å²) in [5, 5.41) is 18.6. The van der Waals surface area contributed by atoms with Crippen molar-refractivity contribution < 1.29 is 19.7 Å². The van der Waals surface area contributed by atoms with Crippen LogP contribution in [-0.4, -0.2) is 42.5 Å². The third kappa shape index (κ3) is 6.53. The van der Waals surface area contributed by atoms with Crippen LogP contribution >= 0.6 is 0 Å². The van der Waals surface area contributed by atoms with Gasteiger partial charge in [0.1, 0.15) is 5.75 Å². The van der Waals surface area contributed by atoms with Crippen molar-refractivity contribution >= 4 is 11.7 Å². The monoisotopic (exact) mass is 503 g/mol. The molecule has 5 nitrogen and oxygen atoms in total. The zero-order chi connectivity index (χ0) is 27.1. The maximum absolute atomic E-state index is 11.3. The maximum Gasteiger partial charge on any atom is 0.335 e. The van der Waals surface area contributed by atoms with Crippen molar-refractivity contribution in [1.29, 1.82) is 0 Å². The van der Waals surface area contributed by atoms with Gasteiger partial charge < -0.3 is 19.8 Å². The van der Waals surface area contributed by atoms with E-state index in [1.54, 1.807) is 12.1 Å². The molecule has 0 fully saturated rings. The molecule has 0 saturated heterocycles. The Labute approximate surface area is 221 Å². The first-order chi connectivity index (χ1) is 17.7. The first-order valence-corrected chi connectivity index (χ1v) is 13.4. The quantitative estimate of drug-likeness (QED) is 0.249. The lowest BCUT2D eigenvalue weighted by molar-refractivity contribution is 0.0697. The van der Waals surface area contributed by atoms with E-state index in [9.17, 15) is 15.0 Å². The third-order valence-electron chi connectivity index (χ3n) is 6.81. The number of carbonyl (C=O) groups is 1. The molecule has 2 N–H and O–H groups in total. The Balaban J connectivity index is 2.24. The highest BCUT2D eigenvalue weighted by Gasteiger charge is 2.21. The van der Waals surface area contributed by atoms with E-state index in [0.29, 0.717) is 24.9 Å². The zero-order valence-corrected chi connectivity index (χ0v) is 23.0. The first-order valence-electron chi connectivity index (χ1n) is 13.4. The molecule has 0 amide bonds. The fraction of sp³-hybridized carbons (Fsp3) is 0.406. The van der Waals surface area contributed by atoms with Gasteiger partial charge in [-0.05, 0) is 89.9 Å². The van der Waals surface area contributed by atoms with Crippen molar-refractivity contribution in [3.63, 3.8) is 0 Å². The second kappa shape index (κ2) is 12.8. The average molecular weight is 504 g/mol. The van der Waals surface area contributed by atoms with Gasteiger partial charge in [0.05, 0.1) is 12.2 Å². The molecular weight excluding hydrogens is 462 g/mol. The minimum atomic E-state index is -0.935. The van der Waals surface area contributed by atoms with Crippen LogP contribution in [0.2, 0.25) is 0 Å². The van der Waals surface area contributed by atoms with Crippen molar-refractivity contribution in [3.8, 4) is 28.0 Å². The maximum atomic E-state index is 11.3. The Bertz CT molecular complexity index is 1160. The minimum absolute atomic E-state index is 0.0803. The third-order valence-corrected chi connectivity index (χ3v) is 6.81. The second-order valence-electron chi connectivity index (χ2n) is 10.0. The van der Waals surface area contributed by atoms with Crippen molar-refractivity contribution in [2.24, 2.45) is 0 Å². The number of aliphatic hydroxyl groups excluding tert-OH is 1. The second-order valence-corrected chi connectivity index (χ2v) is 10.0. The fourth-order valence-corrected chi connectivity index (χ4v) is 4.73. The zero-order valence-electron chi connectivity index (χ0n) is 23.0. The molecule has 0 saturated carbocycles. The summed E-state index contributed by atoms with van der Waals surface area (Å²) in [5.74, 6) is 0.534. The first kappa shape index (κ1) is 28.3. The van der Waals surface area contributed by atoms with Gasteiger partial charge in [-0.15, -0.1) is 0 Å². The molecule has 0 bridgehead atoms. The van der Waals surface area contributed by atoms with Crippen molar-refractivity contribution in [2.45, 2.75) is 59.8 Å². The Hall–Kier alpha value is -3.31. The van der Waals surface area contributed by atoms with Crippen molar-refractivity contribution in [2.75, 3.05) is 31.2 Å². The number of rotatable bonds is 12. The van der Waals surface area contributed by atoms with Gasteiger partial charge in [0.25, 0.3) is 0 Å². The molecule has 0 aliphatic rings. The summed E-state index contributed by atoms with van der Waals surface area (Å²) in [6.45, 7) is 15.8. The summed E-state index contributed by atoms with van der Waals surface area (Å²) in [5.41, 5.74) is 8.28. The van der Waals surface area contributed by atoms with Gasteiger partial charge in [0, 0.05) is 37.4 Å². The van der Waals surface area contributed by atoms with Gasteiger partial charge in [-0.2, -0.15) is 0 Å². The van der Waals surface area contributed by atoms with Crippen LogP contribution in [0.15, 0.2) is 54.6 Å². The molecule has 3 aromatic rings. The Morgan fingerprint density at radius 1 is 0.838 bits per heavy atom. The van der Waals surface area contributed by atoms with Crippen molar-refractivity contribution in [1.82, 2.24) is 0 Å². The molecular formula is C32H41NO4. The molecule has 3 aromatic carbocycles. The number of benzene rings is 3. The number of hydrogen-bond donors (Lipinski definition) is 2. The van der Waals surface area contributed by atoms with Crippen LogP contribution in [0, 0.1) is 0 Å². The molecule has 0 heterocycles. The van der Waals surface area contributed by atoms with Crippen LogP contribution in [-0.2, 0) is 0 Å². The molecule has 0 atom stereocenters. The van der Waals surface area contributed by atoms with Crippen LogP contribution < -0.4 is 9.64 Å². The number of hydrogen-bond acceptors (Lipinski definition) is 4. The molecule has 0 aliphatic heterocycles. The van der Waals surface area contributed by atoms with Gasteiger partial charge in [0.15, 0.2) is 0 Å². The summed E-state index contributed by atoms with van der Waals surface area (Å²) in [4.78, 5) is 13.8. The summed E-state index contributed by atoms with van der Waals surface area (Å²) in [6, 6.07) is 17.7. The van der Waals surface area contributed by atoms with E-state index >= 15 is 0 Å². The standard InChI is InChI=1S/C32H41NO4/c1-7-33(8-2)31-27(21(3)4)19-26(20-28(31)22(5)6)29-18-25(14-15-30(29)37-17-9-16-34)23-10-12-24(13-11-23)32(35)36/h10-15,18-22,34H,7-9,16-17H2,1-6H3,(H,35,36). The normalized spacial score (nSPS) is 11.3. The minimum Gasteiger partial charge on any atom is -0.493 e. The number of carboxylic acids is 1.